The summed E-state index contributed by atoms with van der Waals surface area (Å²) in [6, 6.07) is 3.92. The second kappa shape index (κ2) is 4.18. The van der Waals surface area contributed by atoms with Crippen molar-refractivity contribution in [3.63, 3.8) is 0 Å². The number of benzene rings is 1. The van der Waals surface area contributed by atoms with Crippen molar-refractivity contribution in [3.8, 4) is 0 Å². The van der Waals surface area contributed by atoms with E-state index < -0.39 is 5.97 Å². The highest BCUT2D eigenvalue weighted by atomic mass is 35.5. The molecular weight excluding hydrogens is 246 g/mol. The summed E-state index contributed by atoms with van der Waals surface area (Å²) in [5, 5.41) is 9.03. The molecule has 5 nitrogen and oxygen atoms in total. The molecule has 1 aliphatic rings. The summed E-state index contributed by atoms with van der Waals surface area (Å²) in [5.41, 5.74) is 0.155. The number of hydrogen-bond acceptors (Lipinski definition) is 3. The average Bonchev–Trinajstić information content (AvgIpc) is 2.57. The Morgan fingerprint density at radius 1 is 1.18 bits per heavy atom. The Bertz CT molecular complexity index is 510. The molecule has 0 aliphatic carbocycles. The molecule has 0 aromatic heterocycles. The Kier molecular flexibility index (Phi) is 2.85. The minimum atomic E-state index is -1.16. The van der Waals surface area contributed by atoms with Gasteiger partial charge in [-0.1, -0.05) is 11.6 Å². The van der Waals surface area contributed by atoms with E-state index in [4.69, 9.17) is 16.7 Å². The van der Waals surface area contributed by atoms with Crippen molar-refractivity contribution < 1.29 is 19.5 Å². The van der Waals surface area contributed by atoms with Gasteiger partial charge in [-0.25, -0.2) is 4.79 Å². The fraction of sp³-hybridized carbons (Fsp3) is 0.182. The minimum Gasteiger partial charge on any atom is -0.478 e. The summed E-state index contributed by atoms with van der Waals surface area (Å²) in [5.74, 6) is -1.84. The van der Waals surface area contributed by atoms with Gasteiger partial charge in [0.2, 0.25) is 11.8 Å². The highest BCUT2D eigenvalue weighted by molar-refractivity contribution is 6.31. The van der Waals surface area contributed by atoms with Crippen LogP contribution in [0.25, 0.3) is 0 Å². The number of aromatic carboxylic acids is 1. The SMILES string of the molecule is O=C(O)c1cc(Cl)cc(N2C(=O)CCC2=O)c1. The van der Waals surface area contributed by atoms with Crippen LogP contribution in [0.1, 0.15) is 23.2 Å². The molecule has 2 rings (SSSR count). The zero-order valence-electron chi connectivity index (χ0n) is 8.64. The molecule has 0 atom stereocenters. The molecule has 1 aromatic rings. The Morgan fingerprint density at radius 2 is 1.76 bits per heavy atom. The van der Waals surface area contributed by atoms with Crippen LogP contribution in [0.2, 0.25) is 5.02 Å². The van der Waals surface area contributed by atoms with Gasteiger partial charge in [-0.2, -0.15) is 0 Å². The number of hydrogen-bond donors (Lipinski definition) is 1. The maximum Gasteiger partial charge on any atom is 0.335 e. The summed E-state index contributed by atoms with van der Waals surface area (Å²) in [4.78, 5) is 34.8. The van der Waals surface area contributed by atoms with Gasteiger partial charge >= 0.3 is 5.97 Å². The lowest BCUT2D eigenvalue weighted by Gasteiger charge is -2.14. The van der Waals surface area contributed by atoms with Crippen LogP contribution < -0.4 is 4.90 Å². The maximum atomic E-state index is 11.5. The van der Waals surface area contributed by atoms with Crippen LogP contribution in [-0.4, -0.2) is 22.9 Å². The first-order valence-electron chi connectivity index (χ1n) is 4.88. The summed E-state index contributed by atoms with van der Waals surface area (Å²) in [6.07, 6.45) is 0.293. The third-order valence-electron chi connectivity index (χ3n) is 2.44. The van der Waals surface area contributed by atoms with Crippen molar-refractivity contribution in [2.24, 2.45) is 0 Å². The lowest BCUT2D eigenvalue weighted by molar-refractivity contribution is -0.121. The van der Waals surface area contributed by atoms with Crippen LogP contribution in [0, 0.1) is 0 Å². The van der Waals surface area contributed by atoms with Gasteiger partial charge in [-0.05, 0) is 18.2 Å². The molecule has 1 aliphatic heterocycles. The maximum absolute atomic E-state index is 11.5. The third kappa shape index (κ3) is 2.14. The van der Waals surface area contributed by atoms with Crippen molar-refractivity contribution in [1.82, 2.24) is 0 Å². The molecule has 0 saturated carbocycles. The molecule has 0 radical (unpaired) electrons. The molecule has 0 spiro atoms. The highest BCUT2D eigenvalue weighted by Gasteiger charge is 2.30. The van der Waals surface area contributed by atoms with Crippen molar-refractivity contribution in [1.29, 1.82) is 0 Å². The van der Waals surface area contributed by atoms with Crippen LogP contribution in [0.4, 0.5) is 5.69 Å². The zero-order chi connectivity index (χ0) is 12.6. The number of halogens is 1. The van der Waals surface area contributed by atoms with Crippen molar-refractivity contribution >= 4 is 35.1 Å². The van der Waals surface area contributed by atoms with E-state index in [-0.39, 0.29) is 40.9 Å². The molecule has 2 amide bonds. The number of carbonyl (C=O) groups excluding carboxylic acids is 2. The molecule has 0 bridgehead atoms. The Balaban J connectivity index is 2.48. The van der Waals surface area contributed by atoms with Crippen LogP contribution in [-0.2, 0) is 9.59 Å². The zero-order valence-corrected chi connectivity index (χ0v) is 9.40. The molecule has 1 fully saturated rings. The lowest BCUT2D eigenvalue weighted by Crippen LogP contribution is -2.28. The van der Waals surface area contributed by atoms with Gasteiger partial charge in [0.05, 0.1) is 11.3 Å². The predicted octanol–water partition coefficient (Wildman–Crippen LogP) is 1.69. The fourth-order valence-electron chi connectivity index (χ4n) is 1.69. The number of nitrogens with zero attached hydrogens (tertiary/aromatic N) is 1. The number of imide groups is 1. The molecule has 88 valence electrons. The fourth-order valence-corrected chi connectivity index (χ4v) is 1.92. The van der Waals surface area contributed by atoms with Crippen LogP contribution >= 0.6 is 11.6 Å². The second-order valence-electron chi connectivity index (χ2n) is 3.63. The molecule has 0 unspecified atom stereocenters. The molecule has 6 heteroatoms. The quantitative estimate of drug-likeness (QED) is 0.814. The normalized spacial score (nSPS) is 15.5. The summed E-state index contributed by atoms with van der Waals surface area (Å²) < 4.78 is 0. The van der Waals surface area contributed by atoms with Crippen molar-refractivity contribution in [3.05, 3.63) is 28.8 Å². The first kappa shape index (κ1) is 11.6. The van der Waals surface area contributed by atoms with E-state index in [1.807, 2.05) is 0 Å². The van der Waals surface area contributed by atoms with Crippen LogP contribution in [0.5, 0.6) is 0 Å². The largest absolute Gasteiger partial charge is 0.478 e. The van der Waals surface area contributed by atoms with Crippen LogP contribution in [0.15, 0.2) is 18.2 Å². The third-order valence-corrected chi connectivity index (χ3v) is 2.66. The van der Waals surface area contributed by atoms with Crippen LogP contribution in [0.3, 0.4) is 0 Å². The van der Waals surface area contributed by atoms with E-state index in [1.54, 1.807) is 0 Å². The van der Waals surface area contributed by atoms with Crippen molar-refractivity contribution in [2.75, 3.05) is 4.90 Å². The number of carboxylic acid groups (broad SMARTS) is 1. The Hall–Kier alpha value is -1.88. The summed E-state index contributed by atoms with van der Waals surface area (Å²) in [6.45, 7) is 0. The molecule has 1 aromatic carbocycles. The number of anilines is 1. The summed E-state index contributed by atoms with van der Waals surface area (Å²) >= 11 is 5.76. The number of carbonyl (C=O) groups is 3. The smallest absolute Gasteiger partial charge is 0.335 e. The van der Waals surface area contributed by atoms with E-state index in [2.05, 4.69) is 0 Å². The average molecular weight is 254 g/mol. The standard InChI is InChI=1S/C11H8ClNO4/c12-7-3-6(11(16)17)4-8(5-7)13-9(14)1-2-10(13)15/h3-5H,1-2H2,(H,16,17). The van der Waals surface area contributed by atoms with Gasteiger partial charge in [-0.15, -0.1) is 0 Å². The number of rotatable bonds is 2. The van der Waals surface area contributed by atoms with Gasteiger partial charge < -0.3 is 5.11 Å². The van der Waals surface area contributed by atoms with E-state index in [0.29, 0.717) is 0 Å². The first-order chi connectivity index (χ1) is 7.99. The van der Waals surface area contributed by atoms with E-state index in [1.165, 1.54) is 18.2 Å². The first-order valence-corrected chi connectivity index (χ1v) is 5.26. The van der Waals surface area contributed by atoms with Gasteiger partial charge in [-0.3, -0.25) is 14.5 Å². The lowest BCUT2D eigenvalue weighted by atomic mass is 10.2. The number of amides is 2. The van der Waals surface area contributed by atoms with Gasteiger partial charge in [0.25, 0.3) is 0 Å². The van der Waals surface area contributed by atoms with Gasteiger partial charge in [0.1, 0.15) is 0 Å². The predicted molar refractivity (Wildman–Crippen MR) is 60.1 cm³/mol. The van der Waals surface area contributed by atoms with Gasteiger partial charge in [0, 0.05) is 17.9 Å². The molecule has 1 N–H and O–H groups in total. The van der Waals surface area contributed by atoms with E-state index >= 15 is 0 Å². The second-order valence-corrected chi connectivity index (χ2v) is 4.06. The van der Waals surface area contributed by atoms with E-state index in [0.717, 1.165) is 4.90 Å². The summed E-state index contributed by atoms with van der Waals surface area (Å²) in [7, 11) is 0. The molecule has 17 heavy (non-hydrogen) atoms. The monoisotopic (exact) mass is 253 g/mol. The molecule has 1 saturated heterocycles. The Labute approximate surface area is 102 Å². The van der Waals surface area contributed by atoms with E-state index in [9.17, 15) is 14.4 Å². The van der Waals surface area contributed by atoms with Crippen molar-refractivity contribution in [2.45, 2.75) is 12.8 Å². The molecular formula is C11H8ClNO4. The molecule has 1 heterocycles. The van der Waals surface area contributed by atoms with Gasteiger partial charge in [0.15, 0.2) is 0 Å². The Morgan fingerprint density at radius 3 is 2.29 bits per heavy atom. The minimum absolute atomic E-state index is 0.0556. The number of carboxylic acids is 1. The topological polar surface area (TPSA) is 74.7 Å². The highest BCUT2D eigenvalue weighted by Crippen LogP contribution is 2.27.